The molecule has 2 atom stereocenters. The Kier molecular flexibility index (Phi) is 3.43. The van der Waals surface area contributed by atoms with Gasteiger partial charge >= 0.3 is 0 Å². The molecule has 1 aromatic rings. The van der Waals surface area contributed by atoms with Gasteiger partial charge < -0.3 is 10.6 Å². The smallest absolute Gasteiger partial charge is 0.130 e. The van der Waals surface area contributed by atoms with Crippen LogP contribution in [0.5, 0.6) is 0 Å². The second-order valence-electron chi connectivity index (χ2n) is 5.53. The monoisotopic (exact) mass is 236 g/mol. The SMILES string of the molecule is Cc1nn(C)c(N2CCC(C)C2)c1CC(C)N. The van der Waals surface area contributed by atoms with Gasteiger partial charge in [-0.25, -0.2) is 0 Å². The van der Waals surface area contributed by atoms with Crippen LogP contribution in [-0.2, 0) is 13.5 Å². The molecule has 2 rings (SSSR count). The van der Waals surface area contributed by atoms with E-state index in [0.29, 0.717) is 0 Å². The summed E-state index contributed by atoms with van der Waals surface area (Å²) >= 11 is 0. The highest BCUT2D eigenvalue weighted by Gasteiger charge is 2.25. The summed E-state index contributed by atoms with van der Waals surface area (Å²) in [5.41, 5.74) is 8.40. The van der Waals surface area contributed by atoms with E-state index in [0.717, 1.165) is 31.1 Å². The molecule has 0 aliphatic carbocycles. The van der Waals surface area contributed by atoms with E-state index in [-0.39, 0.29) is 6.04 Å². The van der Waals surface area contributed by atoms with Crippen LogP contribution in [0.1, 0.15) is 31.5 Å². The van der Waals surface area contributed by atoms with Crippen LogP contribution >= 0.6 is 0 Å². The third-order valence-corrected chi connectivity index (χ3v) is 3.56. The maximum absolute atomic E-state index is 5.94. The fraction of sp³-hybridized carbons (Fsp3) is 0.769. The average Bonchev–Trinajstić information content (AvgIpc) is 2.72. The third-order valence-electron chi connectivity index (χ3n) is 3.56. The van der Waals surface area contributed by atoms with Crippen LogP contribution in [0.25, 0.3) is 0 Å². The van der Waals surface area contributed by atoms with E-state index in [1.165, 1.54) is 17.8 Å². The summed E-state index contributed by atoms with van der Waals surface area (Å²) in [6, 6.07) is 0.191. The Morgan fingerprint density at radius 3 is 2.76 bits per heavy atom. The maximum Gasteiger partial charge on any atom is 0.130 e. The average molecular weight is 236 g/mol. The third kappa shape index (κ3) is 2.46. The van der Waals surface area contributed by atoms with Crippen molar-refractivity contribution in [3.05, 3.63) is 11.3 Å². The van der Waals surface area contributed by atoms with Gasteiger partial charge in [-0.1, -0.05) is 6.92 Å². The Bertz CT molecular complexity index is 394. The van der Waals surface area contributed by atoms with Crippen molar-refractivity contribution in [2.45, 2.75) is 39.7 Å². The molecule has 1 aliphatic rings. The van der Waals surface area contributed by atoms with Gasteiger partial charge in [0.05, 0.1) is 5.69 Å². The molecular formula is C13H24N4. The molecule has 2 unspecified atom stereocenters. The van der Waals surface area contributed by atoms with Gasteiger partial charge in [0.2, 0.25) is 0 Å². The van der Waals surface area contributed by atoms with Crippen molar-refractivity contribution in [2.75, 3.05) is 18.0 Å². The maximum atomic E-state index is 5.94. The van der Waals surface area contributed by atoms with Crippen molar-refractivity contribution in [1.29, 1.82) is 0 Å². The zero-order valence-corrected chi connectivity index (χ0v) is 11.4. The molecule has 96 valence electrons. The second-order valence-corrected chi connectivity index (χ2v) is 5.53. The minimum absolute atomic E-state index is 0.191. The van der Waals surface area contributed by atoms with Crippen molar-refractivity contribution >= 4 is 5.82 Å². The lowest BCUT2D eigenvalue weighted by atomic mass is 10.1. The van der Waals surface area contributed by atoms with Crippen molar-refractivity contribution in [2.24, 2.45) is 18.7 Å². The number of anilines is 1. The second kappa shape index (κ2) is 4.69. The van der Waals surface area contributed by atoms with E-state index in [2.05, 4.69) is 30.8 Å². The molecule has 1 saturated heterocycles. The number of nitrogens with two attached hydrogens (primary N) is 1. The number of hydrogen-bond donors (Lipinski definition) is 1. The summed E-state index contributed by atoms with van der Waals surface area (Å²) < 4.78 is 2.02. The van der Waals surface area contributed by atoms with Crippen LogP contribution < -0.4 is 10.6 Å². The Balaban J connectivity index is 2.31. The highest BCUT2D eigenvalue weighted by Crippen LogP contribution is 2.29. The minimum atomic E-state index is 0.191. The topological polar surface area (TPSA) is 47.1 Å². The van der Waals surface area contributed by atoms with Gasteiger partial charge in [0.25, 0.3) is 0 Å². The molecular weight excluding hydrogens is 212 g/mol. The number of rotatable bonds is 3. The number of hydrogen-bond acceptors (Lipinski definition) is 3. The largest absolute Gasteiger partial charge is 0.356 e. The summed E-state index contributed by atoms with van der Waals surface area (Å²) in [5, 5.41) is 4.55. The fourth-order valence-electron chi connectivity index (χ4n) is 2.77. The van der Waals surface area contributed by atoms with Crippen LogP contribution in [0.2, 0.25) is 0 Å². The highest BCUT2D eigenvalue weighted by molar-refractivity contribution is 5.51. The molecule has 0 amide bonds. The van der Waals surface area contributed by atoms with E-state index in [9.17, 15) is 0 Å². The molecule has 0 aromatic carbocycles. The number of aryl methyl sites for hydroxylation is 2. The zero-order chi connectivity index (χ0) is 12.6. The molecule has 4 nitrogen and oxygen atoms in total. The van der Waals surface area contributed by atoms with Gasteiger partial charge in [0, 0.05) is 31.7 Å². The fourth-order valence-corrected chi connectivity index (χ4v) is 2.77. The van der Waals surface area contributed by atoms with E-state index in [1.807, 2.05) is 11.7 Å². The van der Waals surface area contributed by atoms with Crippen LogP contribution in [-0.4, -0.2) is 28.9 Å². The van der Waals surface area contributed by atoms with Crippen LogP contribution in [0.4, 0.5) is 5.82 Å². The quantitative estimate of drug-likeness (QED) is 0.864. The molecule has 1 aliphatic heterocycles. The van der Waals surface area contributed by atoms with Gasteiger partial charge in [-0.05, 0) is 32.6 Å². The predicted molar refractivity (Wildman–Crippen MR) is 71.3 cm³/mol. The Morgan fingerprint density at radius 2 is 2.24 bits per heavy atom. The lowest BCUT2D eigenvalue weighted by molar-refractivity contribution is 0.654. The summed E-state index contributed by atoms with van der Waals surface area (Å²) in [6.07, 6.45) is 2.20. The molecule has 1 fully saturated rings. The Labute approximate surface area is 104 Å². The van der Waals surface area contributed by atoms with Crippen molar-refractivity contribution in [1.82, 2.24) is 9.78 Å². The summed E-state index contributed by atoms with van der Waals surface area (Å²) in [4.78, 5) is 2.46. The highest BCUT2D eigenvalue weighted by atomic mass is 15.4. The standard InChI is InChI=1S/C13H24N4/c1-9-5-6-17(8-9)13-12(7-10(2)14)11(3)15-16(13)4/h9-10H,5-8,14H2,1-4H3. The molecule has 17 heavy (non-hydrogen) atoms. The summed E-state index contributed by atoms with van der Waals surface area (Å²) in [5.74, 6) is 2.07. The number of aromatic nitrogens is 2. The molecule has 2 N–H and O–H groups in total. The minimum Gasteiger partial charge on any atom is -0.356 e. The molecule has 2 heterocycles. The van der Waals surface area contributed by atoms with E-state index in [1.54, 1.807) is 0 Å². The van der Waals surface area contributed by atoms with Gasteiger partial charge in [0.1, 0.15) is 5.82 Å². The molecule has 4 heteroatoms. The Morgan fingerprint density at radius 1 is 1.53 bits per heavy atom. The van der Waals surface area contributed by atoms with Crippen LogP contribution in [0.15, 0.2) is 0 Å². The first kappa shape index (κ1) is 12.4. The molecule has 0 spiro atoms. The van der Waals surface area contributed by atoms with Gasteiger partial charge in [-0.15, -0.1) is 0 Å². The van der Waals surface area contributed by atoms with Crippen LogP contribution in [0, 0.1) is 12.8 Å². The first-order valence-electron chi connectivity index (χ1n) is 6.52. The lowest BCUT2D eigenvalue weighted by Gasteiger charge is -2.21. The normalized spacial score (nSPS) is 22.2. The first-order chi connectivity index (χ1) is 7.99. The van der Waals surface area contributed by atoms with Gasteiger partial charge in [0.15, 0.2) is 0 Å². The van der Waals surface area contributed by atoms with Crippen LogP contribution in [0.3, 0.4) is 0 Å². The zero-order valence-electron chi connectivity index (χ0n) is 11.4. The molecule has 0 bridgehead atoms. The van der Waals surface area contributed by atoms with E-state index >= 15 is 0 Å². The van der Waals surface area contributed by atoms with Crippen molar-refractivity contribution in [3.8, 4) is 0 Å². The predicted octanol–water partition coefficient (Wildman–Crippen LogP) is 1.46. The number of nitrogens with zero attached hydrogens (tertiary/aromatic N) is 3. The Hall–Kier alpha value is -1.03. The van der Waals surface area contributed by atoms with E-state index in [4.69, 9.17) is 5.73 Å². The molecule has 0 radical (unpaired) electrons. The molecule has 0 saturated carbocycles. The molecule has 1 aromatic heterocycles. The van der Waals surface area contributed by atoms with Crippen molar-refractivity contribution in [3.63, 3.8) is 0 Å². The van der Waals surface area contributed by atoms with Gasteiger partial charge in [-0.2, -0.15) is 5.10 Å². The van der Waals surface area contributed by atoms with E-state index < -0.39 is 0 Å². The lowest BCUT2D eigenvalue weighted by Crippen LogP contribution is -2.25. The van der Waals surface area contributed by atoms with Crippen molar-refractivity contribution < 1.29 is 0 Å². The summed E-state index contributed by atoms with van der Waals surface area (Å²) in [7, 11) is 2.04. The first-order valence-corrected chi connectivity index (χ1v) is 6.52. The van der Waals surface area contributed by atoms with Gasteiger partial charge in [-0.3, -0.25) is 4.68 Å². The summed E-state index contributed by atoms with van der Waals surface area (Å²) in [6.45, 7) is 8.75.